The molecule has 2 rings (SSSR count). The first-order chi connectivity index (χ1) is 10.6. The van der Waals surface area contributed by atoms with E-state index in [1.807, 2.05) is 30.3 Å². The summed E-state index contributed by atoms with van der Waals surface area (Å²) in [5, 5.41) is 6.03. The van der Waals surface area contributed by atoms with Crippen LogP contribution in [0.5, 0.6) is 0 Å². The number of carbonyl (C=O) groups is 2. The van der Waals surface area contributed by atoms with Crippen molar-refractivity contribution in [1.29, 1.82) is 0 Å². The summed E-state index contributed by atoms with van der Waals surface area (Å²) in [6, 6.07) is 14.3. The summed E-state index contributed by atoms with van der Waals surface area (Å²) in [5.74, 6) is -1.39. The molecule has 0 aromatic heterocycles. The van der Waals surface area contributed by atoms with Crippen LogP contribution in [-0.4, -0.2) is 11.8 Å². The van der Waals surface area contributed by atoms with Crippen LogP contribution < -0.4 is 10.6 Å². The highest BCUT2D eigenvalue weighted by molar-refractivity contribution is 6.36. The van der Waals surface area contributed by atoms with Crippen molar-refractivity contribution in [3.05, 3.63) is 69.7 Å². The van der Waals surface area contributed by atoms with Crippen LogP contribution in [0.4, 0.5) is 0 Å². The summed E-state index contributed by atoms with van der Waals surface area (Å²) in [4.78, 5) is 23.4. The first-order valence-electron chi connectivity index (χ1n) is 6.60. The van der Waals surface area contributed by atoms with Crippen molar-refractivity contribution in [3.63, 3.8) is 0 Å². The lowest BCUT2D eigenvalue weighted by atomic mass is 10.2. The van der Waals surface area contributed by atoms with Gasteiger partial charge in [0.2, 0.25) is 0 Å². The van der Waals surface area contributed by atoms with E-state index in [1.54, 1.807) is 18.2 Å². The monoisotopic (exact) mass is 336 g/mol. The Morgan fingerprint density at radius 1 is 0.864 bits per heavy atom. The first kappa shape index (κ1) is 16.3. The van der Waals surface area contributed by atoms with Crippen LogP contribution in [0, 0.1) is 0 Å². The third kappa shape index (κ3) is 4.76. The van der Waals surface area contributed by atoms with Crippen LogP contribution in [0.2, 0.25) is 10.0 Å². The lowest BCUT2D eigenvalue weighted by Crippen LogP contribution is -2.39. The molecule has 2 aromatic carbocycles. The minimum Gasteiger partial charge on any atom is -0.344 e. The van der Waals surface area contributed by atoms with Gasteiger partial charge in [-0.25, -0.2) is 0 Å². The fraction of sp³-hybridized carbons (Fsp3) is 0.125. The maximum atomic E-state index is 11.7. The van der Waals surface area contributed by atoms with E-state index in [9.17, 15) is 9.59 Å². The lowest BCUT2D eigenvalue weighted by molar-refractivity contribution is -0.139. The van der Waals surface area contributed by atoms with Crippen molar-refractivity contribution < 1.29 is 9.59 Å². The standard InChI is InChI=1S/C16H14Cl2N2O2/c17-13-7-6-12(14(18)8-13)10-20-16(22)15(21)19-9-11-4-2-1-3-5-11/h1-8H,9-10H2,(H,19,21)(H,20,22). The van der Waals surface area contributed by atoms with Crippen LogP contribution in [-0.2, 0) is 22.7 Å². The number of benzene rings is 2. The van der Waals surface area contributed by atoms with Gasteiger partial charge in [-0.1, -0.05) is 59.6 Å². The van der Waals surface area contributed by atoms with E-state index in [0.29, 0.717) is 22.2 Å². The SMILES string of the molecule is O=C(NCc1ccccc1)C(=O)NCc1ccc(Cl)cc1Cl. The Morgan fingerprint density at radius 3 is 2.14 bits per heavy atom. The molecule has 0 saturated carbocycles. The zero-order valence-electron chi connectivity index (χ0n) is 11.6. The summed E-state index contributed by atoms with van der Waals surface area (Å²) >= 11 is 11.8. The number of carbonyl (C=O) groups excluding carboxylic acids is 2. The molecule has 0 heterocycles. The van der Waals surface area contributed by atoms with Crippen LogP contribution in [0.1, 0.15) is 11.1 Å². The maximum absolute atomic E-state index is 11.7. The van der Waals surface area contributed by atoms with E-state index < -0.39 is 11.8 Å². The van der Waals surface area contributed by atoms with E-state index in [4.69, 9.17) is 23.2 Å². The zero-order valence-corrected chi connectivity index (χ0v) is 13.1. The number of hydrogen-bond donors (Lipinski definition) is 2. The molecule has 2 amide bonds. The Morgan fingerprint density at radius 2 is 1.50 bits per heavy atom. The molecule has 0 unspecified atom stereocenters. The van der Waals surface area contributed by atoms with E-state index in [1.165, 1.54) is 0 Å². The molecule has 4 nitrogen and oxygen atoms in total. The summed E-state index contributed by atoms with van der Waals surface area (Å²) in [6.07, 6.45) is 0. The van der Waals surface area contributed by atoms with Crippen LogP contribution >= 0.6 is 23.2 Å². The van der Waals surface area contributed by atoms with E-state index >= 15 is 0 Å². The summed E-state index contributed by atoms with van der Waals surface area (Å²) in [5.41, 5.74) is 1.61. The molecule has 0 radical (unpaired) electrons. The number of nitrogens with one attached hydrogen (secondary N) is 2. The molecule has 0 aliphatic carbocycles. The van der Waals surface area contributed by atoms with Crippen LogP contribution in [0.3, 0.4) is 0 Å². The molecule has 0 saturated heterocycles. The minimum atomic E-state index is -0.707. The quantitative estimate of drug-likeness (QED) is 0.843. The number of amides is 2. The second-order valence-corrected chi connectivity index (χ2v) is 5.43. The van der Waals surface area contributed by atoms with Crippen molar-refractivity contribution in [2.24, 2.45) is 0 Å². The molecule has 0 bridgehead atoms. The summed E-state index contributed by atoms with van der Waals surface area (Å²) in [7, 11) is 0. The molecule has 0 aliphatic rings. The van der Waals surface area contributed by atoms with E-state index in [0.717, 1.165) is 5.56 Å². The average molecular weight is 337 g/mol. The minimum absolute atomic E-state index is 0.160. The van der Waals surface area contributed by atoms with Crippen molar-refractivity contribution in [2.75, 3.05) is 0 Å². The van der Waals surface area contributed by atoms with Crippen molar-refractivity contribution >= 4 is 35.0 Å². The normalized spacial score (nSPS) is 10.1. The van der Waals surface area contributed by atoms with Gasteiger partial charge in [0.05, 0.1) is 0 Å². The van der Waals surface area contributed by atoms with Gasteiger partial charge in [-0.2, -0.15) is 0 Å². The Labute approximate surface area is 138 Å². The number of hydrogen-bond acceptors (Lipinski definition) is 2. The smallest absolute Gasteiger partial charge is 0.309 e. The highest BCUT2D eigenvalue weighted by atomic mass is 35.5. The third-order valence-corrected chi connectivity index (χ3v) is 3.54. The lowest BCUT2D eigenvalue weighted by Gasteiger charge is -2.08. The molecule has 6 heteroatoms. The van der Waals surface area contributed by atoms with Crippen LogP contribution in [0.25, 0.3) is 0 Å². The van der Waals surface area contributed by atoms with Gasteiger partial charge in [-0.15, -0.1) is 0 Å². The molecule has 0 atom stereocenters. The number of halogens is 2. The van der Waals surface area contributed by atoms with Gasteiger partial charge >= 0.3 is 11.8 Å². The summed E-state index contributed by atoms with van der Waals surface area (Å²) < 4.78 is 0. The molecule has 0 fully saturated rings. The predicted molar refractivity (Wildman–Crippen MR) is 86.6 cm³/mol. The van der Waals surface area contributed by atoms with Crippen LogP contribution in [0.15, 0.2) is 48.5 Å². The largest absolute Gasteiger partial charge is 0.344 e. The molecular weight excluding hydrogens is 323 g/mol. The molecular formula is C16H14Cl2N2O2. The van der Waals surface area contributed by atoms with Gasteiger partial charge in [-0.3, -0.25) is 9.59 Å². The van der Waals surface area contributed by atoms with Gasteiger partial charge in [0.1, 0.15) is 0 Å². The second kappa shape index (κ2) is 7.82. The van der Waals surface area contributed by atoms with Gasteiger partial charge in [0, 0.05) is 23.1 Å². The Bertz CT molecular complexity index is 675. The van der Waals surface area contributed by atoms with Gasteiger partial charge in [0.25, 0.3) is 0 Å². The Balaban J connectivity index is 1.82. The molecule has 0 aliphatic heterocycles. The topological polar surface area (TPSA) is 58.2 Å². The van der Waals surface area contributed by atoms with Crippen molar-refractivity contribution in [1.82, 2.24) is 10.6 Å². The zero-order chi connectivity index (χ0) is 15.9. The highest BCUT2D eigenvalue weighted by Gasteiger charge is 2.13. The second-order valence-electron chi connectivity index (χ2n) is 4.59. The Kier molecular flexibility index (Phi) is 5.81. The molecule has 114 valence electrons. The molecule has 22 heavy (non-hydrogen) atoms. The Hall–Kier alpha value is -2.04. The fourth-order valence-corrected chi connectivity index (χ4v) is 2.25. The summed E-state index contributed by atoms with van der Waals surface area (Å²) in [6.45, 7) is 0.461. The fourth-order valence-electron chi connectivity index (χ4n) is 1.78. The van der Waals surface area contributed by atoms with Gasteiger partial charge in [-0.05, 0) is 23.3 Å². The predicted octanol–water partition coefficient (Wildman–Crippen LogP) is 2.93. The third-order valence-electron chi connectivity index (χ3n) is 2.96. The van der Waals surface area contributed by atoms with E-state index in [-0.39, 0.29) is 6.54 Å². The van der Waals surface area contributed by atoms with Crippen molar-refractivity contribution in [3.8, 4) is 0 Å². The van der Waals surface area contributed by atoms with Gasteiger partial charge in [0.15, 0.2) is 0 Å². The van der Waals surface area contributed by atoms with Gasteiger partial charge < -0.3 is 10.6 Å². The molecule has 2 aromatic rings. The maximum Gasteiger partial charge on any atom is 0.309 e. The first-order valence-corrected chi connectivity index (χ1v) is 7.36. The highest BCUT2D eigenvalue weighted by Crippen LogP contribution is 2.20. The molecule has 2 N–H and O–H groups in total. The van der Waals surface area contributed by atoms with Crippen molar-refractivity contribution in [2.45, 2.75) is 13.1 Å². The number of rotatable bonds is 4. The average Bonchev–Trinajstić information content (AvgIpc) is 2.52. The van der Waals surface area contributed by atoms with E-state index in [2.05, 4.69) is 10.6 Å². The molecule has 0 spiro atoms.